The van der Waals surface area contributed by atoms with E-state index in [1.807, 2.05) is 0 Å². The molecular formula is C61H82NO21PtY-7. The first-order valence-corrected chi connectivity index (χ1v) is 24.9. The smallest absolute Gasteiger partial charge is 0.348 e. The van der Waals surface area contributed by atoms with Gasteiger partial charge in [-0.3, -0.25) is 33.6 Å². The first kappa shape index (κ1) is 83.9. The van der Waals surface area contributed by atoms with Crippen LogP contribution in [0.5, 0.6) is 0 Å². The number of amides is 2. The van der Waals surface area contributed by atoms with Crippen molar-refractivity contribution in [1.29, 1.82) is 0 Å². The maximum Gasteiger partial charge on any atom is 0.348 e. The maximum absolute atomic E-state index is 15.7. The number of carboxylic acid groups (broad SMARTS) is 1. The van der Waals surface area contributed by atoms with Crippen LogP contribution in [0.4, 0.5) is 0 Å². The Morgan fingerprint density at radius 3 is 1.81 bits per heavy atom. The van der Waals surface area contributed by atoms with Crippen LogP contribution in [0.15, 0.2) is 84.0 Å². The number of aliphatic hydroxyl groups excluding tert-OH is 1. The van der Waals surface area contributed by atoms with Crippen molar-refractivity contribution >= 4 is 59.9 Å². The average molecular weight is 1450 g/mol. The molecule has 3 N–H and O–H groups in total. The van der Waals surface area contributed by atoms with E-state index in [9.17, 15) is 43.8 Å². The van der Waals surface area contributed by atoms with Crippen molar-refractivity contribution in [2.75, 3.05) is 20.8 Å². The van der Waals surface area contributed by atoms with E-state index in [2.05, 4.69) is 7.05 Å². The number of rotatable bonds is 15. The quantitative estimate of drug-likeness (QED) is 0.0543. The fraction of sp³-hybridized carbons (Fsp3) is 0.475. The van der Waals surface area contributed by atoms with Gasteiger partial charge in [0.2, 0.25) is 17.9 Å². The zero-order chi connectivity index (χ0) is 58.3. The van der Waals surface area contributed by atoms with E-state index in [4.69, 9.17) is 47.8 Å². The molecule has 7 rings (SSSR count). The summed E-state index contributed by atoms with van der Waals surface area (Å²) in [5, 5.41) is 30.0. The summed E-state index contributed by atoms with van der Waals surface area (Å²) in [7, 11) is 5.90. The number of fused-ring (bicyclic) bond motifs is 5. The molecule has 1 saturated heterocycles. The van der Waals surface area contributed by atoms with Gasteiger partial charge in [0, 0.05) is 111 Å². The summed E-state index contributed by atoms with van der Waals surface area (Å²) in [6, 6.07) is 16.2. The van der Waals surface area contributed by atoms with Crippen molar-refractivity contribution in [2.45, 2.75) is 147 Å². The Morgan fingerprint density at radius 1 is 0.847 bits per heavy atom. The second-order valence-electron chi connectivity index (χ2n) is 21.2. The van der Waals surface area contributed by atoms with Crippen molar-refractivity contribution in [3.63, 3.8) is 0 Å². The van der Waals surface area contributed by atoms with Crippen LogP contribution in [0.25, 0.3) is 0 Å². The number of carbonyl (C=O) groups excluding carboxylic acids is 8. The Labute approximate surface area is 539 Å². The van der Waals surface area contributed by atoms with Crippen LogP contribution in [0, 0.1) is 60.9 Å². The molecule has 22 nitrogen and oxygen atoms in total. The molecule has 2 heterocycles. The van der Waals surface area contributed by atoms with Gasteiger partial charge in [0.25, 0.3) is 0 Å². The van der Waals surface area contributed by atoms with Gasteiger partial charge in [-0.15, -0.1) is 0 Å². The molecule has 24 heteroatoms. The van der Waals surface area contributed by atoms with Crippen molar-refractivity contribution in [2.24, 2.45) is 16.7 Å². The zero-order valence-electron chi connectivity index (χ0n) is 51.0. The van der Waals surface area contributed by atoms with Crippen LogP contribution >= 0.6 is 0 Å². The number of benzene rings is 2. The Balaban J connectivity index is -0.00000339. The molecule has 11 atom stereocenters. The van der Waals surface area contributed by atoms with E-state index in [-0.39, 0.29) is 132 Å². The second kappa shape index (κ2) is 34.3. The molecular weight excluding hydrogens is 1370 g/mol. The van der Waals surface area contributed by atoms with Crippen LogP contribution in [0.3, 0.4) is 0 Å². The number of carbonyl (C=O) groups is 9. The minimum atomic E-state index is -2.31. The second-order valence-corrected chi connectivity index (χ2v) is 21.2. The fourth-order valence-corrected chi connectivity index (χ4v) is 11.3. The molecule has 0 aromatic heterocycles. The first-order chi connectivity index (χ1) is 36.5. The van der Waals surface area contributed by atoms with Gasteiger partial charge in [-0.25, -0.2) is 16.6 Å². The van der Waals surface area contributed by atoms with Crippen LogP contribution in [-0.2, 0) is 135 Å². The average Bonchev–Trinajstić information content (AvgIpc) is 3.66. The molecule has 2 bridgehead atoms. The summed E-state index contributed by atoms with van der Waals surface area (Å²) in [4.78, 5) is 126. The van der Waals surface area contributed by atoms with Gasteiger partial charge >= 0.3 is 35.8 Å². The number of ketones is 1. The third-order valence-electron chi connectivity index (χ3n) is 15.0. The summed E-state index contributed by atoms with van der Waals surface area (Å²) in [5.41, 5.74) is -7.23. The van der Waals surface area contributed by atoms with E-state index < -0.39 is 143 Å². The Kier molecular flexibility index (Phi) is 33.8. The molecule has 1 radical (unpaired) electrons. The third-order valence-corrected chi connectivity index (χ3v) is 15.0. The van der Waals surface area contributed by atoms with Gasteiger partial charge in [0.05, 0.1) is 48.9 Å². The number of imide groups is 1. The molecule has 2 aromatic rings. The van der Waals surface area contributed by atoms with Crippen molar-refractivity contribution in [3.8, 4) is 0 Å². The fourth-order valence-electron chi connectivity index (χ4n) is 11.3. The van der Waals surface area contributed by atoms with Gasteiger partial charge < -0.3 is 100 Å². The van der Waals surface area contributed by atoms with Gasteiger partial charge in [-0.1, -0.05) is 68.9 Å². The maximum atomic E-state index is 15.7. The minimum absolute atomic E-state index is 0. The zero-order valence-corrected chi connectivity index (χ0v) is 56.1. The number of methoxy groups -OCH3 is 2. The number of hydrogen-bond acceptors (Lipinski definition) is 19. The number of aliphatic hydroxyl groups is 1. The molecule has 2 amide bonds. The summed E-state index contributed by atoms with van der Waals surface area (Å²) >= 11 is 0. The predicted molar refractivity (Wildman–Crippen MR) is 302 cm³/mol. The Bertz CT molecular complexity index is 2680. The van der Waals surface area contributed by atoms with Crippen LogP contribution in [0.2, 0.25) is 0 Å². The van der Waals surface area contributed by atoms with Crippen molar-refractivity contribution in [1.82, 2.24) is 4.90 Å². The predicted octanol–water partition coefficient (Wildman–Crippen LogP) is 6.79. The van der Waals surface area contributed by atoms with Gasteiger partial charge in [0.15, 0.2) is 11.4 Å². The van der Waals surface area contributed by atoms with E-state index in [1.165, 1.54) is 45.4 Å². The van der Waals surface area contributed by atoms with Crippen molar-refractivity contribution < 1.29 is 155 Å². The van der Waals surface area contributed by atoms with E-state index in [0.29, 0.717) is 12.0 Å². The molecule has 3 fully saturated rings. The molecule has 2 aromatic carbocycles. The third kappa shape index (κ3) is 17.9. The molecule has 477 valence electrons. The van der Waals surface area contributed by atoms with Gasteiger partial charge in [-0.05, 0) is 63.5 Å². The topological polar surface area (TPSA) is 308 Å². The molecule has 2 aliphatic heterocycles. The van der Waals surface area contributed by atoms with Gasteiger partial charge in [-0.2, -0.15) is 0 Å². The molecule has 11 unspecified atom stereocenters. The summed E-state index contributed by atoms with van der Waals surface area (Å²) in [5.74, 6) is -9.79. The van der Waals surface area contributed by atoms with Crippen LogP contribution < -0.4 is 0 Å². The standard InChI is InChI=1S/C50H62O17.C5H4NO2.CHO2.5CH3.Pt.Y/c1-27-32(63-45(58)39(64-36(54)22-21-35(52)53)31(29-17-13-11-14-18-29)23-37(55)67-46(3,4)5)25-50(59)43(65-44(57)30-19-15-12-16-20-30)41-48(8,42(56)40(61-10)38(27)47(50,6)7)33(60-9)24-34-49(41,26-62-34)66-28(2)51;1-6-4(7)2-3-5(6)8;2-1-3;;;;;;;/h11-20,31-34,39-41,43,59H,21-26H2,1-10H3,(H,52,53);2-3H,1H2;(H,2,3);5*1H3;;/q;7*-1;;. The normalized spacial score (nSPS) is 26.0. The monoisotopic (exact) mass is 1450 g/mol. The minimum Gasteiger partial charge on any atom is -0.665 e. The van der Waals surface area contributed by atoms with Crippen LogP contribution in [0.1, 0.15) is 109 Å². The number of carboxylic acids is 1. The number of nitrogens with zero attached hydrogens (tertiary/aromatic N) is 1. The summed E-state index contributed by atoms with van der Waals surface area (Å²) in [6.45, 7) is 13.0. The Hall–Kier alpha value is -5.35. The largest absolute Gasteiger partial charge is 0.665 e. The van der Waals surface area contributed by atoms with Gasteiger partial charge in [0.1, 0.15) is 35.6 Å². The number of esters is 5. The molecule has 2 saturated carbocycles. The summed E-state index contributed by atoms with van der Waals surface area (Å²) < 4.78 is 48.7. The van der Waals surface area contributed by atoms with Crippen LogP contribution in [-0.4, -0.2) is 154 Å². The SMILES string of the molecule is COC1C(=O)C2(C)C(OC)CC3OCC3(OC(C)=O)C2C(OC(=O)c2ccccc2)C2(O)CC(OC(=O)C(OC(=O)CCC(=O)O)C(CC(=O)OC(C)(C)C)c3ccccc3)C(C)=C1C2(C)C.O=[C-]O.[CH2-]N1C(=O)C=CC1=O.[CH3-].[CH3-].[CH3-].[CH3-].[CH3-].[Pt].[Y]. The molecule has 0 spiro atoms. The number of ether oxygens (including phenoxy) is 8. The van der Waals surface area contributed by atoms with E-state index in [1.54, 1.807) is 97.0 Å². The molecule has 3 aliphatic carbocycles. The summed E-state index contributed by atoms with van der Waals surface area (Å²) in [6.07, 6.45) is -8.17. The number of aliphatic carboxylic acids is 1. The Morgan fingerprint density at radius 2 is 1.38 bits per heavy atom. The molecule has 85 heavy (non-hydrogen) atoms. The van der Waals surface area contributed by atoms with E-state index in [0.717, 1.165) is 4.90 Å². The van der Waals surface area contributed by atoms with E-state index >= 15 is 9.59 Å². The number of hydrogen-bond donors (Lipinski definition) is 3. The molecule has 5 aliphatic rings. The van der Waals surface area contributed by atoms with Crippen molar-refractivity contribution in [3.05, 3.63) is 139 Å². The number of Topliss-reactive ketones (excluding diaryl/α,β-unsaturated/α-hetero) is 1. The first-order valence-electron chi connectivity index (χ1n) is 24.9.